The van der Waals surface area contributed by atoms with Crippen LogP contribution in [-0.4, -0.2) is 15.1 Å². The molecular formula is C17H11Cl2N3O3. The number of nitro benzene ring substituents is 1. The number of aryl methyl sites for hydroxylation is 1. The molecule has 0 atom stereocenters. The average Bonchev–Trinajstić information content (AvgIpc) is 3.06. The number of hydrogen-bond acceptors (Lipinski definition) is 5. The molecule has 0 aliphatic carbocycles. The topological polar surface area (TPSA) is 82.1 Å². The second kappa shape index (κ2) is 7.04. The lowest BCUT2D eigenvalue weighted by molar-refractivity contribution is -0.384. The Morgan fingerprint density at radius 2 is 2.04 bits per heavy atom. The number of nitro groups is 1. The minimum absolute atomic E-state index is 0.0535. The molecule has 2 aromatic carbocycles. The van der Waals surface area contributed by atoms with E-state index < -0.39 is 4.92 Å². The van der Waals surface area contributed by atoms with Crippen LogP contribution in [0.3, 0.4) is 0 Å². The van der Waals surface area contributed by atoms with Gasteiger partial charge in [-0.25, -0.2) is 0 Å². The van der Waals surface area contributed by atoms with Crippen molar-refractivity contribution in [2.24, 2.45) is 0 Å². The van der Waals surface area contributed by atoms with E-state index in [-0.39, 0.29) is 21.6 Å². The van der Waals surface area contributed by atoms with Crippen LogP contribution in [-0.2, 0) is 0 Å². The molecule has 0 saturated carbocycles. The van der Waals surface area contributed by atoms with Crippen LogP contribution in [0.15, 0.2) is 46.9 Å². The minimum atomic E-state index is -0.559. The van der Waals surface area contributed by atoms with Crippen LogP contribution in [0.1, 0.15) is 17.0 Å². The van der Waals surface area contributed by atoms with E-state index in [1.165, 1.54) is 18.2 Å². The Bertz CT molecular complexity index is 983. The first-order chi connectivity index (χ1) is 11.9. The van der Waals surface area contributed by atoms with Crippen molar-refractivity contribution in [3.63, 3.8) is 0 Å². The van der Waals surface area contributed by atoms with Gasteiger partial charge in [-0.05, 0) is 36.8 Å². The molecule has 0 unspecified atom stereocenters. The van der Waals surface area contributed by atoms with Crippen molar-refractivity contribution >= 4 is 40.0 Å². The first-order valence-electron chi connectivity index (χ1n) is 7.16. The van der Waals surface area contributed by atoms with Crippen LogP contribution < -0.4 is 0 Å². The molecule has 0 aliphatic rings. The van der Waals surface area contributed by atoms with Gasteiger partial charge in [-0.15, -0.1) is 10.2 Å². The molecule has 0 N–H and O–H groups in total. The Balaban J connectivity index is 1.91. The van der Waals surface area contributed by atoms with Gasteiger partial charge in [0.05, 0.1) is 4.92 Å². The lowest BCUT2D eigenvalue weighted by Gasteiger charge is -1.98. The van der Waals surface area contributed by atoms with Crippen LogP contribution in [0.5, 0.6) is 0 Å². The predicted molar refractivity (Wildman–Crippen MR) is 96.3 cm³/mol. The Morgan fingerprint density at radius 3 is 2.76 bits per heavy atom. The number of hydrogen-bond donors (Lipinski definition) is 0. The molecule has 25 heavy (non-hydrogen) atoms. The van der Waals surface area contributed by atoms with Crippen molar-refractivity contribution in [2.75, 3.05) is 0 Å². The Hall–Kier alpha value is -2.70. The van der Waals surface area contributed by atoms with Gasteiger partial charge in [0, 0.05) is 11.6 Å². The molecule has 8 heteroatoms. The van der Waals surface area contributed by atoms with Crippen molar-refractivity contribution < 1.29 is 9.34 Å². The zero-order valence-electron chi connectivity index (χ0n) is 12.9. The summed E-state index contributed by atoms with van der Waals surface area (Å²) in [5, 5.41) is 19.1. The van der Waals surface area contributed by atoms with E-state index in [0.29, 0.717) is 11.5 Å². The molecular weight excluding hydrogens is 365 g/mol. The molecule has 0 spiro atoms. The number of benzene rings is 2. The molecule has 1 heterocycles. The standard InChI is InChI=1S/C17H11Cl2N3O3/c1-10-3-2-4-12(7-10)16-20-21-17(25-16)14(19)8-11-5-6-13(18)15(9-11)22(23)24/h2-9H,1H3/b14-8-. The van der Waals surface area contributed by atoms with Gasteiger partial charge >= 0.3 is 0 Å². The third-order valence-corrected chi connectivity index (χ3v) is 3.94. The van der Waals surface area contributed by atoms with Crippen LogP contribution >= 0.6 is 23.2 Å². The van der Waals surface area contributed by atoms with E-state index in [9.17, 15) is 10.1 Å². The monoisotopic (exact) mass is 375 g/mol. The van der Waals surface area contributed by atoms with E-state index in [4.69, 9.17) is 27.6 Å². The fourth-order valence-electron chi connectivity index (χ4n) is 2.18. The lowest BCUT2D eigenvalue weighted by atomic mass is 10.1. The third kappa shape index (κ3) is 3.87. The molecule has 0 radical (unpaired) electrons. The highest BCUT2D eigenvalue weighted by atomic mass is 35.5. The van der Waals surface area contributed by atoms with Crippen LogP contribution in [0, 0.1) is 17.0 Å². The summed E-state index contributed by atoms with van der Waals surface area (Å²) >= 11 is 12.0. The maximum Gasteiger partial charge on any atom is 0.288 e. The van der Waals surface area contributed by atoms with Crippen molar-refractivity contribution in [2.45, 2.75) is 6.92 Å². The van der Waals surface area contributed by atoms with E-state index in [1.807, 2.05) is 31.2 Å². The molecule has 0 bridgehead atoms. The summed E-state index contributed by atoms with van der Waals surface area (Å²) in [4.78, 5) is 10.4. The second-order valence-corrected chi connectivity index (χ2v) is 6.06. The normalized spacial score (nSPS) is 11.6. The summed E-state index contributed by atoms with van der Waals surface area (Å²) in [7, 11) is 0. The smallest absolute Gasteiger partial charge is 0.288 e. The number of halogens is 2. The molecule has 0 aliphatic heterocycles. The molecule has 6 nitrogen and oxygen atoms in total. The van der Waals surface area contributed by atoms with Crippen molar-refractivity contribution in [3.05, 3.63) is 74.6 Å². The zero-order chi connectivity index (χ0) is 18.0. The summed E-state index contributed by atoms with van der Waals surface area (Å²) in [6, 6.07) is 12.0. The molecule has 1 aromatic heterocycles. The average molecular weight is 376 g/mol. The van der Waals surface area contributed by atoms with Crippen LogP contribution in [0.2, 0.25) is 5.02 Å². The molecule has 0 amide bonds. The second-order valence-electron chi connectivity index (χ2n) is 5.24. The van der Waals surface area contributed by atoms with Gasteiger partial charge in [0.25, 0.3) is 11.6 Å². The van der Waals surface area contributed by atoms with Gasteiger partial charge in [-0.1, -0.05) is 47.0 Å². The third-order valence-electron chi connectivity index (χ3n) is 3.35. The first-order valence-corrected chi connectivity index (χ1v) is 7.91. The summed E-state index contributed by atoms with van der Waals surface area (Å²) in [5.74, 6) is 0.461. The molecule has 3 aromatic rings. The maximum atomic E-state index is 10.9. The van der Waals surface area contributed by atoms with Gasteiger partial charge in [0.15, 0.2) is 0 Å². The van der Waals surface area contributed by atoms with Gasteiger partial charge in [-0.2, -0.15) is 0 Å². The maximum absolute atomic E-state index is 10.9. The molecule has 3 rings (SSSR count). The van der Waals surface area contributed by atoms with E-state index in [1.54, 1.807) is 6.07 Å². The molecule has 0 saturated heterocycles. The summed E-state index contributed by atoms with van der Waals surface area (Å²) in [6.45, 7) is 1.96. The van der Waals surface area contributed by atoms with E-state index in [2.05, 4.69) is 10.2 Å². The first kappa shape index (κ1) is 17.1. The fourth-order valence-corrected chi connectivity index (χ4v) is 2.57. The Kier molecular flexibility index (Phi) is 4.83. The minimum Gasteiger partial charge on any atom is -0.415 e. The molecule has 0 fully saturated rings. The number of rotatable bonds is 4. The highest BCUT2D eigenvalue weighted by Crippen LogP contribution is 2.29. The van der Waals surface area contributed by atoms with E-state index in [0.717, 1.165) is 11.1 Å². The van der Waals surface area contributed by atoms with Crippen molar-refractivity contribution in [1.29, 1.82) is 0 Å². The lowest BCUT2D eigenvalue weighted by Crippen LogP contribution is -1.89. The van der Waals surface area contributed by atoms with Crippen LogP contribution in [0.25, 0.3) is 22.6 Å². The largest absolute Gasteiger partial charge is 0.415 e. The summed E-state index contributed by atoms with van der Waals surface area (Å²) in [6.07, 6.45) is 1.50. The highest BCUT2D eigenvalue weighted by Gasteiger charge is 2.14. The highest BCUT2D eigenvalue weighted by molar-refractivity contribution is 6.50. The fraction of sp³-hybridized carbons (Fsp3) is 0.0588. The Labute approximate surface area is 152 Å². The zero-order valence-corrected chi connectivity index (χ0v) is 14.5. The molecule has 126 valence electrons. The predicted octanol–water partition coefficient (Wildman–Crippen LogP) is 5.34. The number of aromatic nitrogens is 2. The van der Waals surface area contributed by atoms with Crippen molar-refractivity contribution in [3.8, 4) is 11.5 Å². The quantitative estimate of drug-likeness (QED) is 0.453. The summed E-state index contributed by atoms with van der Waals surface area (Å²) in [5.41, 5.74) is 2.14. The van der Waals surface area contributed by atoms with Gasteiger partial charge < -0.3 is 4.42 Å². The van der Waals surface area contributed by atoms with Gasteiger partial charge in [-0.3, -0.25) is 10.1 Å². The van der Waals surface area contributed by atoms with E-state index >= 15 is 0 Å². The summed E-state index contributed by atoms with van der Waals surface area (Å²) < 4.78 is 5.58. The Morgan fingerprint density at radius 1 is 1.24 bits per heavy atom. The number of nitrogens with zero attached hydrogens (tertiary/aromatic N) is 3. The SMILES string of the molecule is Cc1cccc(-c2nnc(/C(Cl)=C/c3ccc(Cl)c([N+](=O)[O-])c3)o2)c1. The van der Waals surface area contributed by atoms with Crippen molar-refractivity contribution in [1.82, 2.24) is 10.2 Å². The van der Waals surface area contributed by atoms with Crippen LogP contribution in [0.4, 0.5) is 5.69 Å². The van der Waals surface area contributed by atoms with Gasteiger partial charge in [0.1, 0.15) is 10.1 Å². The van der Waals surface area contributed by atoms with Gasteiger partial charge in [0.2, 0.25) is 5.89 Å².